The van der Waals surface area contributed by atoms with Crippen molar-refractivity contribution in [1.29, 1.82) is 0 Å². The van der Waals surface area contributed by atoms with Crippen molar-refractivity contribution < 1.29 is 9.53 Å². The fourth-order valence-corrected chi connectivity index (χ4v) is 3.42. The van der Waals surface area contributed by atoms with Crippen molar-refractivity contribution in [2.24, 2.45) is 0 Å². The fourth-order valence-electron chi connectivity index (χ4n) is 3.42. The first kappa shape index (κ1) is 14.5. The number of nitrogens with one attached hydrogen (secondary N) is 1. The Morgan fingerprint density at radius 1 is 1.33 bits per heavy atom. The molecule has 1 atom stereocenters. The number of carbonyl (C=O) groups excluding carboxylic acids is 1. The maximum atomic E-state index is 12.8. The second-order valence-electron chi connectivity index (χ2n) is 5.86. The van der Waals surface area contributed by atoms with Crippen LogP contribution >= 0.6 is 0 Å². The van der Waals surface area contributed by atoms with E-state index in [0.717, 1.165) is 45.6 Å². The molecule has 0 aromatic heterocycles. The molecule has 1 N–H and O–H groups in total. The molecule has 0 aliphatic carbocycles. The average Bonchev–Trinajstić information content (AvgIpc) is 2.55. The summed E-state index contributed by atoms with van der Waals surface area (Å²) in [7, 11) is 0. The zero-order valence-corrected chi connectivity index (χ0v) is 12.7. The SMILES string of the molecule is CCOC1CCN(C(=O)C2CNCc3ccccc32)CC1. The molecule has 0 spiro atoms. The lowest BCUT2D eigenvalue weighted by molar-refractivity contribution is -0.135. The predicted octanol–water partition coefficient (Wildman–Crippen LogP) is 1.90. The summed E-state index contributed by atoms with van der Waals surface area (Å²) in [5.41, 5.74) is 2.46. The van der Waals surface area contributed by atoms with Crippen LogP contribution in [0.25, 0.3) is 0 Å². The number of likely N-dealkylation sites (tertiary alicyclic amines) is 1. The Kier molecular flexibility index (Phi) is 4.56. The number of nitrogens with zero attached hydrogens (tertiary/aromatic N) is 1. The van der Waals surface area contributed by atoms with Crippen LogP contribution in [0.2, 0.25) is 0 Å². The number of ether oxygens (including phenoxy) is 1. The number of fused-ring (bicyclic) bond motifs is 1. The number of rotatable bonds is 3. The Balaban J connectivity index is 1.67. The molecule has 4 heteroatoms. The van der Waals surface area contributed by atoms with Crippen molar-refractivity contribution in [2.45, 2.75) is 38.3 Å². The summed E-state index contributed by atoms with van der Waals surface area (Å²) in [6, 6.07) is 8.29. The summed E-state index contributed by atoms with van der Waals surface area (Å²) in [6.07, 6.45) is 2.25. The van der Waals surface area contributed by atoms with Crippen LogP contribution in [-0.2, 0) is 16.1 Å². The van der Waals surface area contributed by atoms with E-state index in [4.69, 9.17) is 4.74 Å². The summed E-state index contributed by atoms with van der Waals surface area (Å²) in [6.45, 7) is 6.05. The molecular weight excluding hydrogens is 264 g/mol. The summed E-state index contributed by atoms with van der Waals surface area (Å²) in [4.78, 5) is 14.8. The van der Waals surface area contributed by atoms with E-state index in [0.29, 0.717) is 6.10 Å². The van der Waals surface area contributed by atoms with Gasteiger partial charge in [-0.1, -0.05) is 24.3 Å². The van der Waals surface area contributed by atoms with E-state index in [1.54, 1.807) is 0 Å². The van der Waals surface area contributed by atoms with Crippen LogP contribution < -0.4 is 5.32 Å². The lowest BCUT2D eigenvalue weighted by Crippen LogP contribution is -2.46. The van der Waals surface area contributed by atoms with E-state index in [-0.39, 0.29) is 11.8 Å². The molecule has 114 valence electrons. The molecule has 1 aromatic rings. The lowest BCUT2D eigenvalue weighted by atomic mass is 9.89. The van der Waals surface area contributed by atoms with Crippen molar-refractivity contribution in [1.82, 2.24) is 10.2 Å². The first-order valence-corrected chi connectivity index (χ1v) is 7.98. The van der Waals surface area contributed by atoms with Gasteiger partial charge in [0.15, 0.2) is 0 Å². The molecule has 1 amide bonds. The van der Waals surface area contributed by atoms with Gasteiger partial charge in [0.25, 0.3) is 0 Å². The molecule has 1 saturated heterocycles. The third-order valence-electron chi connectivity index (χ3n) is 4.55. The molecule has 4 nitrogen and oxygen atoms in total. The Bertz CT molecular complexity index is 495. The predicted molar refractivity (Wildman–Crippen MR) is 82.1 cm³/mol. The highest BCUT2D eigenvalue weighted by Crippen LogP contribution is 2.27. The normalized spacial score (nSPS) is 22.9. The van der Waals surface area contributed by atoms with E-state index in [1.165, 1.54) is 11.1 Å². The number of piperidine rings is 1. The van der Waals surface area contributed by atoms with Crippen molar-refractivity contribution in [2.75, 3.05) is 26.2 Å². The Morgan fingerprint density at radius 2 is 2.10 bits per heavy atom. The summed E-state index contributed by atoms with van der Waals surface area (Å²) >= 11 is 0. The molecule has 21 heavy (non-hydrogen) atoms. The number of benzene rings is 1. The highest BCUT2D eigenvalue weighted by Gasteiger charge is 2.31. The van der Waals surface area contributed by atoms with Gasteiger partial charge in [-0.2, -0.15) is 0 Å². The maximum Gasteiger partial charge on any atom is 0.231 e. The topological polar surface area (TPSA) is 41.6 Å². The lowest BCUT2D eigenvalue weighted by Gasteiger charge is -2.35. The molecule has 2 aliphatic heterocycles. The summed E-state index contributed by atoms with van der Waals surface area (Å²) < 4.78 is 5.66. The van der Waals surface area contributed by atoms with Crippen molar-refractivity contribution in [3.63, 3.8) is 0 Å². The van der Waals surface area contributed by atoms with E-state index in [2.05, 4.69) is 17.4 Å². The van der Waals surface area contributed by atoms with Crippen LogP contribution in [0.5, 0.6) is 0 Å². The van der Waals surface area contributed by atoms with E-state index < -0.39 is 0 Å². The number of amides is 1. The van der Waals surface area contributed by atoms with Gasteiger partial charge >= 0.3 is 0 Å². The van der Waals surface area contributed by atoms with Crippen molar-refractivity contribution >= 4 is 5.91 Å². The highest BCUT2D eigenvalue weighted by molar-refractivity contribution is 5.84. The van der Waals surface area contributed by atoms with Gasteiger partial charge in [-0.15, -0.1) is 0 Å². The monoisotopic (exact) mass is 288 g/mol. The largest absolute Gasteiger partial charge is 0.378 e. The first-order valence-electron chi connectivity index (χ1n) is 7.98. The van der Waals surface area contributed by atoms with Gasteiger partial charge in [0.05, 0.1) is 12.0 Å². The van der Waals surface area contributed by atoms with Gasteiger partial charge in [0, 0.05) is 32.8 Å². The molecule has 2 heterocycles. The molecule has 3 rings (SSSR count). The highest BCUT2D eigenvalue weighted by atomic mass is 16.5. The van der Waals surface area contributed by atoms with Crippen LogP contribution in [0.3, 0.4) is 0 Å². The van der Waals surface area contributed by atoms with Gasteiger partial charge < -0.3 is 15.0 Å². The molecule has 1 fully saturated rings. The molecule has 1 unspecified atom stereocenters. The maximum absolute atomic E-state index is 12.8. The zero-order valence-electron chi connectivity index (χ0n) is 12.7. The number of hydrogen-bond donors (Lipinski definition) is 1. The summed E-state index contributed by atoms with van der Waals surface area (Å²) in [5.74, 6) is 0.239. The second kappa shape index (κ2) is 6.58. The zero-order chi connectivity index (χ0) is 14.7. The van der Waals surface area contributed by atoms with Crippen molar-refractivity contribution in [3.8, 4) is 0 Å². The van der Waals surface area contributed by atoms with Gasteiger partial charge in [-0.05, 0) is 30.9 Å². The fraction of sp³-hybridized carbons (Fsp3) is 0.588. The van der Waals surface area contributed by atoms with Crippen LogP contribution in [0, 0.1) is 0 Å². The van der Waals surface area contributed by atoms with Crippen LogP contribution in [0.15, 0.2) is 24.3 Å². The van der Waals surface area contributed by atoms with Crippen LogP contribution in [0.4, 0.5) is 0 Å². The first-order chi connectivity index (χ1) is 10.3. The second-order valence-corrected chi connectivity index (χ2v) is 5.86. The smallest absolute Gasteiger partial charge is 0.231 e. The molecule has 0 bridgehead atoms. The minimum atomic E-state index is -0.0291. The van der Waals surface area contributed by atoms with Gasteiger partial charge in [0.1, 0.15) is 0 Å². The molecule has 0 saturated carbocycles. The third-order valence-corrected chi connectivity index (χ3v) is 4.55. The van der Waals surface area contributed by atoms with Crippen molar-refractivity contribution in [3.05, 3.63) is 35.4 Å². The quantitative estimate of drug-likeness (QED) is 0.923. The molecule has 2 aliphatic rings. The minimum Gasteiger partial charge on any atom is -0.378 e. The molecule has 0 radical (unpaired) electrons. The van der Waals surface area contributed by atoms with Crippen LogP contribution in [0.1, 0.15) is 36.8 Å². The Morgan fingerprint density at radius 3 is 2.86 bits per heavy atom. The minimum absolute atomic E-state index is 0.0291. The summed E-state index contributed by atoms with van der Waals surface area (Å²) in [5, 5.41) is 3.37. The third kappa shape index (κ3) is 3.11. The average molecular weight is 288 g/mol. The Hall–Kier alpha value is -1.39. The number of hydrogen-bond acceptors (Lipinski definition) is 3. The standard InChI is InChI=1S/C17H24N2O2/c1-2-21-14-7-9-19(10-8-14)17(20)16-12-18-11-13-5-3-4-6-15(13)16/h3-6,14,16,18H,2,7-12H2,1H3. The van der Waals surface area contributed by atoms with Gasteiger partial charge in [-0.25, -0.2) is 0 Å². The van der Waals surface area contributed by atoms with E-state index >= 15 is 0 Å². The van der Waals surface area contributed by atoms with Gasteiger partial charge in [0.2, 0.25) is 5.91 Å². The van der Waals surface area contributed by atoms with Crippen LogP contribution in [-0.4, -0.2) is 43.2 Å². The Labute approximate surface area is 126 Å². The van der Waals surface area contributed by atoms with E-state index in [1.807, 2.05) is 24.0 Å². The van der Waals surface area contributed by atoms with Gasteiger partial charge in [-0.3, -0.25) is 4.79 Å². The number of carbonyl (C=O) groups is 1. The van der Waals surface area contributed by atoms with E-state index in [9.17, 15) is 4.79 Å². The molecule has 1 aromatic carbocycles. The molecular formula is C17H24N2O2.